The van der Waals surface area contributed by atoms with Crippen LogP contribution in [0.3, 0.4) is 0 Å². The van der Waals surface area contributed by atoms with Crippen LogP contribution in [0.25, 0.3) is 6.08 Å². The molecule has 1 amide bonds. The Bertz CT molecular complexity index is 1890. The van der Waals surface area contributed by atoms with Crippen molar-refractivity contribution in [2.24, 2.45) is 10.9 Å². The number of nitrogens with zero attached hydrogens (tertiary/aromatic N) is 3. The van der Waals surface area contributed by atoms with Gasteiger partial charge in [0.2, 0.25) is 5.91 Å². The molecule has 0 saturated carbocycles. The number of nitrogens with two attached hydrogens (primary N) is 1. The number of oxime groups is 1. The van der Waals surface area contributed by atoms with Crippen LogP contribution in [0.4, 0.5) is 13.2 Å². The molecule has 2 N–H and O–H groups in total. The molecular formula is C35H27Cl2F3N4O2. The molecule has 3 unspecified atom stereocenters. The van der Waals surface area contributed by atoms with Crippen molar-refractivity contribution in [2.45, 2.75) is 43.1 Å². The summed E-state index contributed by atoms with van der Waals surface area (Å²) in [6.07, 6.45) is -0.986. The molecule has 3 heterocycles. The van der Waals surface area contributed by atoms with Crippen molar-refractivity contribution in [1.82, 2.24) is 9.88 Å². The van der Waals surface area contributed by atoms with Gasteiger partial charge in [0.25, 0.3) is 5.60 Å². The number of hydrogen-bond donors (Lipinski definition) is 1. The smallest absolute Gasteiger partial charge is 0.374 e. The van der Waals surface area contributed by atoms with E-state index in [4.69, 9.17) is 33.8 Å². The number of rotatable bonds is 7. The molecular weight excluding hydrogens is 636 g/mol. The Balaban J connectivity index is 1.28. The molecule has 3 aromatic carbocycles. The second-order valence-corrected chi connectivity index (χ2v) is 12.7. The molecule has 2 aliphatic heterocycles. The highest BCUT2D eigenvalue weighted by Gasteiger charge is 2.62. The summed E-state index contributed by atoms with van der Waals surface area (Å²) in [4.78, 5) is 24.1. The second-order valence-electron chi connectivity index (χ2n) is 11.8. The lowest BCUT2D eigenvalue weighted by Crippen LogP contribution is -2.42. The van der Waals surface area contributed by atoms with E-state index in [0.29, 0.717) is 18.5 Å². The van der Waals surface area contributed by atoms with Gasteiger partial charge in [0, 0.05) is 64.4 Å². The van der Waals surface area contributed by atoms with E-state index in [1.807, 2.05) is 42.5 Å². The summed E-state index contributed by atoms with van der Waals surface area (Å²) in [6, 6.07) is 23.0. The summed E-state index contributed by atoms with van der Waals surface area (Å²) in [7, 11) is 0. The Labute approximate surface area is 273 Å². The molecule has 0 bridgehead atoms. The predicted octanol–water partition coefficient (Wildman–Crippen LogP) is 7.74. The summed E-state index contributed by atoms with van der Waals surface area (Å²) >= 11 is 12.2. The molecule has 7 rings (SSSR count). The van der Waals surface area contributed by atoms with Crippen LogP contribution in [0.2, 0.25) is 10.0 Å². The zero-order chi connectivity index (χ0) is 32.2. The largest absolute Gasteiger partial charge is 0.435 e. The van der Waals surface area contributed by atoms with Crippen molar-refractivity contribution in [2.75, 3.05) is 6.54 Å². The van der Waals surface area contributed by atoms with Gasteiger partial charge in [0.15, 0.2) is 0 Å². The quantitative estimate of drug-likeness (QED) is 0.220. The third-order valence-corrected chi connectivity index (χ3v) is 9.37. The van der Waals surface area contributed by atoms with E-state index in [-0.39, 0.29) is 39.8 Å². The van der Waals surface area contributed by atoms with Gasteiger partial charge in [-0.2, -0.15) is 13.2 Å². The zero-order valence-electron chi connectivity index (χ0n) is 24.3. The van der Waals surface area contributed by atoms with Crippen LogP contribution in [-0.4, -0.2) is 34.2 Å². The Morgan fingerprint density at radius 2 is 1.76 bits per heavy atom. The number of fused-ring (bicyclic) bond motifs is 2. The fraction of sp³-hybridized carbons (Fsp3) is 0.229. The van der Waals surface area contributed by atoms with Crippen LogP contribution < -0.4 is 5.73 Å². The number of benzene rings is 3. The number of primary amides is 1. The average Bonchev–Trinajstić information content (AvgIpc) is 3.70. The first kappa shape index (κ1) is 30.5. The topological polar surface area (TPSA) is 80.8 Å². The molecule has 1 aliphatic carbocycles. The maximum atomic E-state index is 14.7. The monoisotopic (exact) mass is 662 g/mol. The molecule has 3 atom stereocenters. The predicted molar refractivity (Wildman–Crippen MR) is 170 cm³/mol. The van der Waals surface area contributed by atoms with E-state index in [0.717, 1.165) is 33.5 Å². The molecule has 6 nitrogen and oxygen atoms in total. The number of amides is 1. The minimum absolute atomic E-state index is 0.0659. The highest BCUT2D eigenvalue weighted by Crippen LogP contribution is 2.53. The van der Waals surface area contributed by atoms with Crippen molar-refractivity contribution < 1.29 is 22.8 Å². The summed E-state index contributed by atoms with van der Waals surface area (Å²) in [5.74, 6) is -0.575. The maximum Gasteiger partial charge on any atom is 0.435 e. The summed E-state index contributed by atoms with van der Waals surface area (Å²) in [5.41, 5.74) is 9.44. The van der Waals surface area contributed by atoms with Crippen molar-refractivity contribution in [3.8, 4) is 0 Å². The van der Waals surface area contributed by atoms with E-state index >= 15 is 0 Å². The van der Waals surface area contributed by atoms with Crippen LogP contribution in [-0.2, 0) is 28.2 Å². The van der Waals surface area contributed by atoms with Gasteiger partial charge in [-0.25, -0.2) is 0 Å². The van der Waals surface area contributed by atoms with Gasteiger partial charge in [0.05, 0.1) is 12.3 Å². The molecule has 0 saturated heterocycles. The summed E-state index contributed by atoms with van der Waals surface area (Å²) < 4.78 is 44.0. The number of carbonyl (C=O) groups is 1. The first-order valence-corrected chi connectivity index (χ1v) is 15.4. The molecule has 234 valence electrons. The van der Waals surface area contributed by atoms with Gasteiger partial charge in [-0.05, 0) is 58.7 Å². The van der Waals surface area contributed by atoms with E-state index in [9.17, 15) is 18.0 Å². The van der Waals surface area contributed by atoms with Crippen molar-refractivity contribution in [3.63, 3.8) is 0 Å². The number of halogens is 5. The molecule has 0 fully saturated rings. The highest BCUT2D eigenvalue weighted by atomic mass is 35.5. The SMILES string of the molecule is NC(=O)CN1Cc2ccccc2C1C1C(Cc2ccccn2)=Cc2cc(C3=NOC(c4cc(Cl)cc(Cl)c4)(C(F)(F)F)C3)ccc21. The fourth-order valence-corrected chi connectivity index (χ4v) is 7.49. The lowest BCUT2D eigenvalue weighted by molar-refractivity contribution is -0.275. The summed E-state index contributed by atoms with van der Waals surface area (Å²) in [6.45, 7) is 0.660. The van der Waals surface area contributed by atoms with E-state index in [1.54, 1.807) is 12.3 Å². The zero-order valence-corrected chi connectivity index (χ0v) is 25.8. The summed E-state index contributed by atoms with van der Waals surface area (Å²) in [5, 5.41) is 4.10. The molecule has 4 aromatic rings. The number of carbonyl (C=O) groups excluding carboxylic acids is 1. The molecule has 0 radical (unpaired) electrons. The lowest BCUT2D eigenvalue weighted by Gasteiger charge is -2.32. The Hall–Kier alpha value is -4.18. The number of alkyl halides is 3. The van der Waals surface area contributed by atoms with Crippen molar-refractivity contribution >= 4 is 40.9 Å². The van der Waals surface area contributed by atoms with E-state index < -0.39 is 24.1 Å². The Morgan fingerprint density at radius 3 is 2.48 bits per heavy atom. The van der Waals surface area contributed by atoms with Crippen molar-refractivity contribution in [3.05, 3.63) is 140 Å². The van der Waals surface area contributed by atoms with Crippen LogP contribution >= 0.6 is 23.2 Å². The van der Waals surface area contributed by atoms with Gasteiger partial charge in [-0.15, -0.1) is 0 Å². The van der Waals surface area contributed by atoms with E-state index in [1.165, 1.54) is 18.2 Å². The lowest BCUT2D eigenvalue weighted by atomic mass is 9.82. The first-order valence-electron chi connectivity index (χ1n) is 14.7. The van der Waals surface area contributed by atoms with Gasteiger partial charge >= 0.3 is 6.18 Å². The van der Waals surface area contributed by atoms with Crippen LogP contribution in [0.15, 0.2) is 95.8 Å². The number of pyridine rings is 1. The molecule has 1 aromatic heterocycles. The maximum absolute atomic E-state index is 14.7. The van der Waals surface area contributed by atoms with Crippen LogP contribution in [0.1, 0.15) is 57.5 Å². The highest BCUT2D eigenvalue weighted by molar-refractivity contribution is 6.34. The minimum Gasteiger partial charge on any atom is -0.374 e. The van der Waals surface area contributed by atoms with Gasteiger partial charge < -0.3 is 10.6 Å². The molecule has 46 heavy (non-hydrogen) atoms. The molecule has 0 spiro atoms. The Kier molecular flexibility index (Phi) is 7.66. The molecule has 3 aliphatic rings. The minimum atomic E-state index is -4.80. The first-order chi connectivity index (χ1) is 22.0. The Morgan fingerprint density at radius 1 is 1.00 bits per heavy atom. The van der Waals surface area contributed by atoms with Gasteiger partial charge in [0.1, 0.15) is 0 Å². The van der Waals surface area contributed by atoms with Crippen LogP contribution in [0, 0.1) is 0 Å². The number of hydrogen-bond acceptors (Lipinski definition) is 5. The molecule has 11 heteroatoms. The van der Waals surface area contributed by atoms with E-state index in [2.05, 4.69) is 33.2 Å². The third-order valence-electron chi connectivity index (χ3n) is 8.94. The second kappa shape index (κ2) is 11.6. The standard InChI is InChI=1S/C35H27Cl2F3N4O2/c36-25-14-24(15-26(37)16-25)34(35(38,39)40)17-30(43-46-34)20-8-9-28-22(11-20)12-23(13-27-6-3-4-10-42-27)32(28)33-29-7-2-1-5-21(29)18-44(33)19-31(41)45/h1-12,14-16,32-33H,13,17-19H2,(H2,41,45). The normalized spacial score (nSPS) is 22.2. The average molecular weight is 664 g/mol. The number of aromatic nitrogens is 1. The van der Waals surface area contributed by atoms with Crippen LogP contribution in [0.5, 0.6) is 0 Å². The van der Waals surface area contributed by atoms with Gasteiger partial charge in [-0.3, -0.25) is 14.7 Å². The third kappa shape index (κ3) is 5.36. The van der Waals surface area contributed by atoms with Gasteiger partial charge in [-0.1, -0.05) is 82.5 Å². The van der Waals surface area contributed by atoms with Crippen molar-refractivity contribution in [1.29, 1.82) is 0 Å². The fourth-order valence-electron chi connectivity index (χ4n) is 6.97.